The fraction of sp³-hybridized carbons (Fsp3) is 0.700. The van der Waals surface area contributed by atoms with Crippen LogP contribution in [0.4, 0.5) is 0 Å². The summed E-state index contributed by atoms with van der Waals surface area (Å²) in [7, 11) is 0. The van der Waals surface area contributed by atoms with Gasteiger partial charge in [0.1, 0.15) is 11.4 Å². The molecule has 1 saturated heterocycles. The molecule has 13 heavy (non-hydrogen) atoms. The Labute approximate surface area is 77.7 Å². The maximum absolute atomic E-state index is 11.2. The zero-order valence-electron chi connectivity index (χ0n) is 8.22. The van der Waals surface area contributed by atoms with E-state index in [0.29, 0.717) is 5.57 Å². The normalized spacial score (nSPS) is 31.0. The highest BCUT2D eigenvalue weighted by Crippen LogP contribution is 2.37. The van der Waals surface area contributed by atoms with Crippen molar-refractivity contribution in [2.24, 2.45) is 0 Å². The molecule has 0 saturated carbocycles. The van der Waals surface area contributed by atoms with Crippen LogP contribution >= 0.6 is 0 Å². The molecule has 3 nitrogen and oxygen atoms in total. The lowest BCUT2D eigenvalue weighted by Gasteiger charge is -2.34. The lowest BCUT2D eigenvalue weighted by Crippen LogP contribution is -2.34. The van der Waals surface area contributed by atoms with E-state index in [0.717, 1.165) is 18.6 Å². The average Bonchev–Trinajstić information content (AvgIpc) is 2.29. The molecule has 0 aromatic rings. The van der Waals surface area contributed by atoms with Gasteiger partial charge < -0.3 is 9.47 Å². The van der Waals surface area contributed by atoms with E-state index >= 15 is 0 Å². The van der Waals surface area contributed by atoms with Gasteiger partial charge in [-0.25, -0.2) is 4.79 Å². The minimum absolute atomic E-state index is 0.111. The van der Waals surface area contributed by atoms with Crippen LogP contribution in [-0.4, -0.2) is 17.7 Å². The van der Waals surface area contributed by atoms with Gasteiger partial charge in [-0.3, -0.25) is 0 Å². The summed E-state index contributed by atoms with van der Waals surface area (Å²) >= 11 is 0. The summed E-state index contributed by atoms with van der Waals surface area (Å²) in [4.78, 5) is 11.2. The molecule has 0 N–H and O–H groups in total. The fourth-order valence-electron chi connectivity index (χ4n) is 1.77. The molecule has 0 aliphatic carbocycles. The highest BCUT2D eigenvalue weighted by atomic mass is 16.6. The second-order valence-electron chi connectivity index (χ2n) is 4.28. The number of hydrogen-bond acceptors (Lipinski definition) is 3. The van der Waals surface area contributed by atoms with Crippen molar-refractivity contribution in [1.29, 1.82) is 0 Å². The molecule has 0 radical (unpaired) electrons. The fourth-order valence-corrected chi connectivity index (χ4v) is 1.77. The average molecular weight is 182 g/mol. The highest BCUT2D eigenvalue weighted by Gasteiger charge is 2.41. The molecular formula is C10H14O3. The summed E-state index contributed by atoms with van der Waals surface area (Å²) in [5, 5.41) is 0. The molecule has 0 aromatic carbocycles. The number of hydrogen-bond donors (Lipinski definition) is 0. The number of esters is 1. The van der Waals surface area contributed by atoms with E-state index in [1.165, 1.54) is 0 Å². The van der Waals surface area contributed by atoms with Gasteiger partial charge >= 0.3 is 5.97 Å². The Morgan fingerprint density at radius 2 is 2.15 bits per heavy atom. The van der Waals surface area contributed by atoms with Crippen molar-refractivity contribution >= 4 is 5.97 Å². The Hall–Kier alpha value is -0.990. The molecule has 2 aliphatic rings. The van der Waals surface area contributed by atoms with Gasteiger partial charge in [-0.15, -0.1) is 0 Å². The van der Waals surface area contributed by atoms with Crippen LogP contribution in [0.25, 0.3) is 0 Å². The minimum Gasteiger partial charge on any atom is -0.488 e. The van der Waals surface area contributed by atoms with Gasteiger partial charge in [-0.05, 0) is 33.6 Å². The topological polar surface area (TPSA) is 35.5 Å². The predicted octanol–water partition coefficient (Wildman–Crippen LogP) is 1.77. The quantitative estimate of drug-likeness (QED) is 0.536. The van der Waals surface area contributed by atoms with Crippen LogP contribution in [0.1, 0.15) is 33.6 Å². The third-order valence-corrected chi connectivity index (χ3v) is 2.61. The summed E-state index contributed by atoms with van der Waals surface area (Å²) in [5.74, 6) is 0.527. The van der Waals surface area contributed by atoms with E-state index in [9.17, 15) is 4.79 Å². The lowest BCUT2D eigenvalue weighted by atomic mass is 9.95. The maximum atomic E-state index is 11.2. The standard InChI is InChI=1S/C10H14O3/c1-6-8-7(12-9(6)11)4-5-10(2,3)13-8/h7H,4-5H2,1-3H3. The molecule has 3 heteroatoms. The Kier molecular flexibility index (Phi) is 1.65. The summed E-state index contributed by atoms with van der Waals surface area (Å²) in [6.07, 6.45) is 1.70. The Morgan fingerprint density at radius 1 is 1.46 bits per heavy atom. The van der Waals surface area contributed by atoms with Gasteiger partial charge in [-0.2, -0.15) is 0 Å². The SMILES string of the molecule is CC1=C2OC(C)(C)CCC2OC1=O. The zero-order chi connectivity index (χ0) is 9.64. The van der Waals surface area contributed by atoms with Crippen molar-refractivity contribution in [1.82, 2.24) is 0 Å². The number of carbonyl (C=O) groups excluding carboxylic acids is 1. The van der Waals surface area contributed by atoms with Crippen LogP contribution < -0.4 is 0 Å². The molecule has 0 bridgehead atoms. The first-order valence-electron chi connectivity index (χ1n) is 4.60. The first-order valence-corrected chi connectivity index (χ1v) is 4.60. The van der Waals surface area contributed by atoms with Crippen LogP contribution in [0, 0.1) is 0 Å². The van der Waals surface area contributed by atoms with Crippen molar-refractivity contribution in [3.8, 4) is 0 Å². The molecule has 1 atom stereocenters. The Balaban J connectivity index is 2.29. The van der Waals surface area contributed by atoms with Crippen molar-refractivity contribution < 1.29 is 14.3 Å². The number of rotatable bonds is 0. The van der Waals surface area contributed by atoms with Crippen LogP contribution in [0.5, 0.6) is 0 Å². The highest BCUT2D eigenvalue weighted by molar-refractivity contribution is 5.91. The largest absolute Gasteiger partial charge is 0.488 e. The summed E-state index contributed by atoms with van der Waals surface area (Å²) in [6, 6.07) is 0. The van der Waals surface area contributed by atoms with Gasteiger partial charge in [0.2, 0.25) is 0 Å². The van der Waals surface area contributed by atoms with Crippen molar-refractivity contribution in [3.63, 3.8) is 0 Å². The zero-order valence-corrected chi connectivity index (χ0v) is 8.22. The second kappa shape index (κ2) is 2.50. The van der Waals surface area contributed by atoms with Crippen LogP contribution in [-0.2, 0) is 14.3 Å². The number of carbonyl (C=O) groups is 1. The van der Waals surface area contributed by atoms with Gasteiger partial charge in [0.25, 0.3) is 0 Å². The van der Waals surface area contributed by atoms with E-state index in [-0.39, 0.29) is 17.7 Å². The monoisotopic (exact) mass is 182 g/mol. The van der Waals surface area contributed by atoms with Gasteiger partial charge in [0.15, 0.2) is 6.10 Å². The van der Waals surface area contributed by atoms with Crippen LogP contribution in [0.15, 0.2) is 11.3 Å². The van der Waals surface area contributed by atoms with Crippen LogP contribution in [0.2, 0.25) is 0 Å². The molecular weight excluding hydrogens is 168 g/mol. The van der Waals surface area contributed by atoms with E-state index in [2.05, 4.69) is 0 Å². The van der Waals surface area contributed by atoms with Gasteiger partial charge in [-0.1, -0.05) is 0 Å². The molecule has 1 unspecified atom stereocenters. The molecule has 2 aliphatic heterocycles. The molecule has 2 heterocycles. The van der Waals surface area contributed by atoms with Crippen molar-refractivity contribution in [2.45, 2.75) is 45.3 Å². The van der Waals surface area contributed by atoms with Crippen molar-refractivity contribution in [2.75, 3.05) is 0 Å². The summed E-state index contributed by atoms with van der Waals surface area (Å²) in [6.45, 7) is 5.83. The van der Waals surface area contributed by atoms with Crippen molar-refractivity contribution in [3.05, 3.63) is 11.3 Å². The third-order valence-electron chi connectivity index (χ3n) is 2.61. The maximum Gasteiger partial charge on any atom is 0.338 e. The van der Waals surface area contributed by atoms with Gasteiger partial charge in [0.05, 0.1) is 5.57 Å². The Bertz CT molecular complexity index is 289. The first kappa shape index (κ1) is 8.60. The summed E-state index contributed by atoms with van der Waals surface area (Å²) in [5.41, 5.74) is 0.485. The minimum atomic E-state index is -0.224. The molecule has 2 rings (SSSR count). The molecule has 1 fully saturated rings. The first-order chi connectivity index (χ1) is 5.99. The molecule has 72 valence electrons. The van der Waals surface area contributed by atoms with E-state index in [4.69, 9.17) is 9.47 Å². The van der Waals surface area contributed by atoms with E-state index in [1.807, 2.05) is 13.8 Å². The number of fused-ring (bicyclic) bond motifs is 1. The van der Waals surface area contributed by atoms with E-state index < -0.39 is 0 Å². The summed E-state index contributed by atoms with van der Waals surface area (Å²) < 4.78 is 10.8. The molecule has 0 amide bonds. The van der Waals surface area contributed by atoms with Gasteiger partial charge in [0, 0.05) is 0 Å². The lowest BCUT2D eigenvalue weighted by molar-refractivity contribution is -0.143. The predicted molar refractivity (Wildman–Crippen MR) is 47.0 cm³/mol. The van der Waals surface area contributed by atoms with E-state index in [1.54, 1.807) is 6.92 Å². The van der Waals surface area contributed by atoms with Crippen LogP contribution in [0.3, 0.4) is 0 Å². The number of ether oxygens (including phenoxy) is 2. The third kappa shape index (κ3) is 1.32. The smallest absolute Gasteiger partial charge is 0.338 e. The molecule has 0 aromatic heterocycles. The Morgan fingerprint density at radius 3 is 2.85 bits per heavy atom. The second-order valence-corrected chi connectivity index (χ2v) is 4.28. The molecule has 0 spiro atoms.